The van der Waals surface area contributed by atoms with Gasteiger partial charge in [0.25, 0.3) is 5.91 Å². The summed E-state index contributed by atoms with van der Waals surface area (Å²) in [5, 5.41) is 13.8. The summed E-state index contributed by atoms with van der Waals surface area (Å²) >= 11 is 6.96. The van der Waals surface area contributed by atoms with E-state index in [9.17, 15) is 10.1 Å². The fourth-order valence-electron chi connectivity index (χ4n) is 2.82. The molecule has 2 aromatic carbocycles. The molecule has 7 heteroatoms. The maximum absolute atomic E-state index is 12.8. The molecule has 29 heavy (non-hydrogen) atoms. The van der Waals surface area contributed by atoms with E-state index in [-0.39, 0.29) is 5.57 Å². The molecular weight excluding hydrogens is 498 g/mol. The Morgan fingerprint density at radius 2 is 1.93 bits per heavy atom. The van der Waals surface area contributed by atoms with Gasteiger partial charge in [0.1, 0.15) is 24.0 Å². The van der Waals surface area contributed by atoms with Crippen molar-refractivity contribution in [2.24, 2.45) is 0 Å². The van der Waals surface area contributed by atoms with Crippen molar-refractivity contribution in [3.63, 3.8) is 0 Å². The topological polar surface area (TPSA) is 67.9 Å². The fraction of sp³-hybridized carbons (Fsp3) is 0.136. The lowest BCUT2D eigenvalue weighted by atomic mass is 10.1. The first-order valence-corrected chi connectivity index (χ1v) is 10.3. The van der Waals surface area contributed by atoms with E-state index in [0.29, 0.717) is 33.8 Å². The Morgan fingerprint density at radius 1 is 1.21 bits per heavy atom. The number of carbonyl (C=O) groups excluding carboxylic acids is 1. The number of hydrogen-bond donors (Lipinski definition) is 0. The lowest BCUT2D eigenvalue weighted by molar-refractivity contribution is 0.0943. The number of allylic oxidation sites excluding steroid dienone is 1. The molecule has 3 aromatic rings. The van der Waals surface area contributed by atoms with E-state index in [1.165, 1.54) is 10.8 Å². The van der Waals surface area contributed by atoms with Gasteiger partial charge in [-0.3, -0.25) is 4.79 Å². The summed E-state index contributed by atoms with van der Waals surface area (Å²) in [6.07, 6.45) is 1.52. The molecule has 1 aromatic heterocycles. The molecule has 0 amide bonds. The average molecular weight is 515 g/mol. The second kappa shape index (κ2) is 9.21. The van der Waals surface area contributed by atoms with Crippen LogP contribution >= 0.6 is 31.9 Å². The van der Waals surface area contributed by atoms with Crippen molar-refractivity contribution in [2.45, 2.75) is 20.5 Å². The van der Waals surface area contributed by atoms with Gasteiger partial charge < -0.3 is 4.74 Å². The molecule has 0 unspecified atom stereocenters. The van der Waals surface area contributed by atoms with Crippen molar-refractivity contribution in [2.75, 3.05) is 0 Å². The lowest BCUT2D eigenvalue weighted by Gasteiger charge is -2.13. The summed E-state index contributed by atoms with van der Waals surface area (Å²) in [6.45, 7) is 3.93. The van der Waals surface area contributed by atoms with Crippen LogP contribution in [0.3, 0.4) is 0 Å². The molecule has 1 heterocycles. The van der Waals surface area contributed by atoms with Crippen LogP contribution in [0, 0.1) is 25.2 Å². The van der Waals surface area contributed by atoms with Crippen molar-refractivity contribution < 1.29 is 9.53 Å². The van der Waals surface area contributed by atoms with Crippen molar-refractivity contribution >= 4 is 43.8 Å². The Balaban J connectivity index is 1.98. The van der Waals surface area contributed by atoms with Gasteiger partial charge in [0.05, 0.1) is 10.2 Å². The van der Waals surface area contributed by atoms with Crippen molar-refractivity contribution in [1.29, 1.82) is 5.26 Å². The monoisotopic (exact) mass is 513 g/mol. The van der Waals surface area contributed by atoms with Crippen LogP contribution in [0.4, 0.5) is 0 Å². The highest BCUT2D eigenvalue weighted by atomic mass is 79.9. The molecule has 0 saturated heterocycles. The predicted molar refractivity (Wildman–Crippen MR) is 119 cm³/mol. The number of hydrogen-bond acceptors (Lipinski definition) is 4. The highest BCUT2D eigenvalue weighted by molar-refractivity contribution is 9.11. The molecule has 146 valence electrons. The molecule has 0 atom stereocenters. The first-order chi connectivity index (χ1) is 13.9. The van der Waals surface area contributed by atoms with Crippen LogP contribution in [0.1, 0.15) is 27.3 Å². The number of halogens is 2. The van der Waals surface area contributed by atoms with Gasteiger partial charge in [-0.1, -0.05) is 46.3 Å². The van der Waals surface area contributed by atoms with E-state index in [1.54, 1.807) is 26.0 Å². The molecule has 0 N–H and O–H groups in total. The zero-order chi connectivity index (χ0) is 21.0. The first kappa shape index (κ1) is 21.0. The van der Waals surface area contributed by atoms with E-state index in [0.717, 1.165) is 10.0 Å². The SMILES string of the molecule is Cc1cc(C)n(C(=O)/C(C#N)=C/c2cc(Br)cc(Br)c2OCc2ccccc2)n1. The zero-order valence-corrected chi connectivity index (χ0v) is 19.0. The van der Waals surface area contributed by atoms with Crippen LogP contribution < -0.4 is 4.74 Å². The van der Waals surface area contributed by atoms with Gasteiger partial charge in [-0.15, -0.1) is 0 Å². The third-order valence-electron chi connectivity index (χ3n) is 4.12. The average Bonchev–Trinajstić information content (AvgIpc) is 3.03. The van der Waals surface area contributed by atoms with Crippen LogP contribution in [-0.2, 0) is 6.61 Å². The molecule has 5 nitrogen and oxygen atoms in total. The Kier molecular flexibility index (Phi) is 6.68. The van der Waals surface area contributed by atoms with Crippen LogP contribution in [0.25, 0.3) is 6.08 Å². The van der Waals surface area contributed by atoms with Gasteiger partial charge in [-0.25, -0.2) is 4.68 Å². The minimum Gasteiger partial charge on any atom is -0.487 e. The molecule has 0 aliphatic carbocycles. The molecule has 0 aliphatic rings. The molecule has 0 spiro atoms. The van der Waals surface area contributed by atoms with Crippen LogP contribution in [0.5, 0.6) is 5.75 Å². The molecule has 3 rings (SSSR count). The van der Waals surface area contributed by atoms with Gasteiger partial charge in [0, 0.05) is 15.7 Å². The molecule has 0 radical (unpaired) electrons. The number of nitriles is 1. The van der Waals surface area contributed by atoms with Gasteiger partial charge in [-0.05, 0) is 59.6 Å². The summed E-state index contributed by atoms with van der Waals surface area (Å²) in [5.74, 6) is 0.0641. The highest BCUT2D eigenvalue weighted by Crippen LogP contribution is 2.35. The van der Waals surface area contributed by atoms with Gasteiger partial charge in [-0.2, -0.15) is 10.4 Å². The number of carbonyl (C=O) groups is 1. The normalized spacial score (nSPS) is 11.2. The quantitative estimate of drug-likeness (QED) is 0.316. The minimum absolute atomic E-state index is 0.0363. The molecular formula is C22H17Br2N3O2. The number of aromatic nitrogens is 2. The van der Waals surface area contributed by atoms with Crippen LogP contribution in [0.15, 0.2) is 63.0 Å². The number of ether oxygens (including phenoxy) is 1. The lowest BCUT2D eigenvalue weighted by Crippen LogP contribution is -2.15. The maximum atomic E-state index is 12.8. The van der Waals surface area contributed by atoms with Crippen molar-refractivity contribution in [3.05, 3.63) is 85.6 Å². The van der Waals surface area contributed by atoms with E-state index in [4.69, 9.17) is 4.74 Å². The Labute approximate surface area is 185 Å². The number of nitrogens with zero attached hydrogens (tertiary/aromatic N) is 3. The van der Waals surface area contributed by atoms with Gasteiger partial charge in [0.15, 0.2) is 0 Å². The highest BCUT2D eigenvalue weighted by Gasteiger charge is 2.18. The largest absolute Gasteiger partial charge is 0.487 e. The third kappa shape index (κ3) is 5.03. The fourth-order valence-corrected chi connectivity index (χ4v) is 4.19. The first-order valence-electron chi connectivity index (χ1n) is 8.74. The number of benzene rings is 2. The van der Waals surface area contributed by atoms with Crippen LogP contribution in [0.2, 0.25) is 0 Å². The predicted octanol–water partition coefficient (Wildman–Crippen LogP) is 5.85. The van der Waals surface area contributed by atoms with E-state index < -0.39 is 5.91 Å². The minimum atomic E-state index is -0.483. The Hall–Kier alpha value is -2.69. The number of aryl methyl sites for hydroxylation is 2. The maximum Gasteiger partial charge on any atom is 0.289 e. The number of rotatable bonds is 5. The van der Waals surface area contributed by atoms with Crippen molar-refractivity contribution in [1.82, 2.24) is 9.78 Å². The van der Waals surface area contributed by atoms with Gasteiger partial charge in [0.2, 0.25) is 0 Å². The van der Waals surface area contributed by atoms with Crippen LogP contribution in [-0.4, -0.2) is 15.7 Å². The summed E-state index contributed by atoms with van der Waals surface area (Å²) in [7, 11) is 0. The summed E-state index contributed by atoms with van der Waals surface area (Å²) < 4.78 is 8.75. The van der Waals surface area contributed by atoms with Crippen molar-refractivity contribution in [3.8, 4) is 11.8 Å². The molecule has 0 fully saturated rings. The smallest absolute Gasteiger partial charge is 0.289 e. The Bertz CT molecular complexity index is 1130. The van der Waals surface area contributed by atoms with E-state index in [1.807, 2.05) is 42.5 Å². The Morgan fingerprint density at radius 3 is 2.55 bits per heavy atom. The summed E-state index contributed by atoms with van der Waals surface area (Å²) in [6, 6.07) is 17.2. The van der Waals surface area contributed by atoms with E-state index in [2.05, 4.69) is 37.0 Å². The van der Waals surface area contributed by atoms with Gasteiger partial charge >= 0.3 is 0 Å². The standard InChI is InChI=1S/C22H17Br2N3O2/c1-14-8-15(2)27(26-14)22(28)18(12-25)9-17-10-19(23)11-20(24)21(17)29-13-16-6-4-3-5-7-16/h3-11H,13H2,1-2H3/b18-9+. The third-order valence-corrected chi connectivity index (χ3v) is 5.16. The second-order valence-electron chi connectivity index (χ2n) is 6.39. The molecule has 0 aliphatic heterocycles. The zero-order valence-electron chi connectivity index (χ0n) is 15.8. The molecule has 0 bridgehead atoms. The van der Waals surface area contributed by atoms with E-state index >= 15 is 0 Å². The second-order valence-corrected chi connectivity index (χ2v) is 8.16. The molecule has 0 saturated carbocycles. The summed E-state index contributed by atoms with van der Waals surface area (Å²) in [4.78, 5) is 12.8. The summed E-state index contributed by atoms with van der Waals surface area (Å²) in [5.41, 5.74) is 2.96.